The number of hydrogen-bond donors (Lipinski definition) is 3. The number of aryl methyl sites for hydroxylation is 2. The fourth-order valence-corrected chi connectivity index (χ4v) is 4.99. The van der Waals surface area contributed by atoms with Crippen LogP contribution in [-0.2, 0) is 11.3 Å². The Balaban J connectivity index is 1.60. The van der Waals surface area contributed by atoms with Crippen molar-refractivity contribution in [2.75, 3.05) is 0 Å². The average molecular weight is 617 g/mol. The van der Waals surface area contributed by atoms with Gasteiger partial charge in [0, 0.05) is 12.1 Å². The van der Waals surface area contributed by atoms with Crippen LogP contribution in [0.25, 0.3) is 0 Å². The molecular weight excluding hydrogens is 592 g/mol. The van der Waals surface area contributed by atoms with Gasteiger partial charge >= 0.3 is 17.9 Å². The predicted octanol–water partition coefficient (Wildman–Crippen LogP) is 5.91. The largest absolute Gasteiger partial charge is 0.478 e. The molecule has 0 heterocycles. The number of ether oxygens (including phenoxy) is 1. The highest BCUT2D eigenvalue weighted by Gasteiger charge is 2.32. The Bertz CT molecular complexity index is 1800. The number of nitro groups is 2. The van der Waals surface area contributed by atoms with Gasteiger partial charge in [-0.05, 0) is 66.3 Å². The van der Waals surface area contributed by atoms with Crippen LogP contribution in [0.1, 0.15) is 70.6 Å². The minimum absolute atomic E-state index is 0.0615. The Morgan fingerprint density at radius 1 is 0.778 bits per heavy atom. The zero-order chi connectivity index (χ0) is 33.0. The summed E-state index contributed by atoms with van der Waals surface area (Å²) in [6, 6.07) is 16.5. The molecule has 4 rings (SSSR count). The van der Waals surface area contributed by atoms with Crippen LogP contribution in [0.3, 0.4) is 0 Å². The van der Waals surface area contributed by atoms with Crippen molar-refractivity contribution in [3.05, 3.63) is 143 Å². The summed E-state index contributed by atoms with van der Waals surface area (Å²) in [7, 11) is 0. The predicted molar refractivity (Wildman–Crippen MR) is 156 cm³/mol. The van der Waals surface area contributed by atoms with Crippen LogP contribution in [0.2, 0.25) is 0 Å². The van der Waals surface area contributed by atoms with Gasteiger partial charge in [0.25, 0.3) is 11.4 Å². The summed E-state index contributed by atoms with van der Waals surface area (Å²) in [4.78, 5) is 62.3. The van der Waals surface area contributed by atoms with Gasteiger partial charge in [-0.3, -0.25) is 25.5 Å². The zero-order valence-corrected chi connectivity index (χ0v) is 23.6. The Kier molecular flexibility index (Phi) is 9.31. The monoisotopic (exact) mass is 616 g/mol. The van der Waals surface area contributed by atoms with Crippen LogP contribution in [-0.4, -0.2) is 43.2 Å². The van der Waals surface area contributed by atoms with Gasteiger partial charge in [-0.15, -0.1) is 0 Å². The number of carbonyl (C=O) groups is 3. The van der Waals surface area contributed by atoms with Crippen LogP contribution >= 0.6 is 0 Å². The Morgan fingerprint density at radius 3 is 1.87 bits per heavy atom. The minimum atomic E-state index is -1.53. The lowest BCUT2D eigenvalue weighted by atomic mass is 9.90. The number of esters is 1. The molecule has 0 aromatic heterocycles. The molecule has 4 aromatic carbocycles. The maximum absolute atomic E-state index is 12.9. The molecule has 3 N–H and O–H groups in total. The number of carbonyl (C=O) groups excluding carboxylic acids is 1. The molecule has 0 saturated carbocycles. The second-order valence-electron chi connectivity index (χ2n) is 9.91. The van der Waals surface area contributed by atoms with E-state index in [-0.39, 0.29) is 11.3 Å². The summed E-state index contributed by atoms with van der Waals surface area (Å²) in [6.45, 7) is 3.30. The van der Waals surface area contributed by atoms with Gasteiger partial charge in [0.2, 0.25) is 0 Å². The Hall–Kier alpha value is -5.99. The fraction of sp³-hybridized carbons (Fsp3) is 0.129. The van der Waals surface area contributed by atoms with E-state index in [4.69, 9.17) is 4.74 Å². The van der Waals surface area contributed by atoms with Crippen LogP contribution in [0, 0.1) is 34.1 Å². The van der Waals surface area contributed by atoms with Gasteiger partial charge in [0.15, 0.2) is 11.7 Å². The molecule has 1 atom stereocenters. The maximum atomic E-state index is 12.9. The van der Waals surface area contributed by atoms with E-state index in [0.29, 0.717) is 23.1 Å². The summed E-state index contributed by atoms with van der Waals surface area (Å²) in [5.41, 5.74) is -0.354. The number of benzene rings is 4. The lowest BCUT2D eigenvalue weighted by molar-refractivity contribution is -0.387. The lowest BCUT2D eigenvalue weighted by Gasteiger charge is -2.19. The molecule has 14 nitrogen and oxygen atoms in total. The van der Waals surface area contributed by atoms with Crippen molar-refractivity contribution in [3.63, 3.8) is 0 Å². The van der Waals surface area contributed by atoms with E-state index < -0.39 is 61.9 Å². The SMILES string of the molecule is Cc1cc(Cc2ccc(C(OO)c3c(C(=O)O)cccc3[N+](=O)[O-])c(C)c2)ccc1OC(=O)c1c(C(=O)O)cccc1[N+](=O)[O-]. The molecule has 0 radical (unpaired) electrons. The van der Waals surface area contributed by atoms with Crippen molar-refractivity contribution < 1.29 is 49.3 Å². The highest BCUT2D eigenvalue weighted by molar-refractivity contribution is 6.06. The van der Waals surface area contributed by atoms with Gasteiger partial charge in [-0.1, -0.05) is 42.5 Å². The number of hydrogen-bond acceptors (Lipinski definition) is 10. The van der Waals surface area contributed by atoms with E-state index in [0.717, 1.165) is 35.4 Å². The molecular formula is C31H24N2O12. The van der Waals surface area contributed by atoms with Crippen molar-refractivity contribution in [1.29, 1.82) is 0 Å². The summed E-state index contributed by atoms with van der Waals surface area (Å²) in [5.74, 6) is -4.10. The van der Waals surface area contributed by atoms with Crippen LogP contribution in [0.5, 0.6) is 5.75 Å². The van der Waals surface area contributed by atoms with E-state index >= 15 is 0 Å². The first-order valence-electron chi connectivity index (χ1n) is 13.1. The van der Waals surface area contributed by atoms with Crippen molar-refractivity contribution in [1.82, 2.24) is 0 Å². The molecule has 45 heavy (non-hydrogen) atoms. The smallest absolute Gasteiger partial charge is 0.351 e. The van der Waals surface area contributed by atoms with Crippen molar-refractivity contribution in [2.45, 2.75) is 26.4 Å². The number of aromatic carboxylic acids is 2. The normalized spacial score (nSPS) is 11.4. The molecule has 4 aromatic rings. The molecule has 0 saturated heterocycles. The van der Waals surface area contributed by atoms with Gasteiger partial charge in [-0.25, -0.2) is 19.3 Å². The molecule has 14 heteroatoms. The van der Waals surface area contributed by atoms with Crippen molar-refractivity contribution in [2.24, 2.45) is 0 Å². The van der Waals surface area contributed by atoms with E-state index in [1.54, 1.807) is 44.2 Å². The zero-order valence-electron chi connectivity index (χ0n) is 23.6. The summed E-state index contributed by atoms with van der Waals surface area (Å²) in [6.07, 6.45) is -1.11. The van der Waals surface area contributed by atoms with E-state index in [1.807, 2.05) is 0 Å². The molecule has 0 aliphatic heterocycles. The highest BCUT2D eigenvalue weighted by atomic mass is 17.1. The van der Waals surface area contributed by atoms with Gasteiger partial charge in [0.1, 0.15) is 5.75 Å². The Labute approximate surface area is 253 Å². The first-order chi connectivity index (χ1) is 21.3. The first kappa shape index (κ1) is 31.9. The summed E-state index contributed by atoms with van der Waals surface area (Å²) in [5, 5.41) is 51.9. The number of rotatable bonds is 11. The second-order valence-corrected chi connectivity index (χ2v) is 9.91. The third kappa shape index (κ3) is 6.66. The number of carboxylic acid groups (broad SMARTS) is 2. The lowest BCUT2D eigenvalue weighted by Crippen LogP contribution is -2.17. The number of nitrogens with zero attached hydrogens (tertiary/aromatic N) is 2. The van der Waals surface area contributed by atoms with E-state index in [9.17, 15) is 50.1 Å². The summed E-state index contributed by atoms with van der Waals surface area (Å²) >= 11 is 0. The highest BCUT2D eigenvalue weighted by Crippen LogP contribution is 2.37. The topological polar surface area (TPSA) is 217 Å². The van der Waals surface area contributed by atoms with Crippen LogP contribution in [0.15, 0.2) is 72.8 Å². The van der Waals surface area contributed by atoms with Crippen LogP contribution < -0.4 is 4.74 Å². The van der Waals surface area contributed by atoms with Gasteiger partial charge in [0.05, 0.1) is 26.5 Å². The number of carboxylic acids is 2. The second kappa shape index (κ2) is 13.1. The average Bonchev–Trinajstić information content (AvgIpc) is 2.99. The van der Waals surface area contributed by atoms with E-state index in [2.05, 4.69) is 4.89 Å². The Morgan fingerprint density at radius 2 is 1.33 bits per heavy atom. The summed E-state index contributed by atoms with van der Waals surface area (Å²) < 4.78 is 5.35. The molecule has 0 spiro atoms. The maximum Gasteiger partial charge on any atom is 0.351 e. The van der Waals surface area contributed by atoms with Crippen molar-refractivity contribution >= 4 is 29.3 Å². The quantitative estimate of drug-likeness (QED) is 0.0589. The molecule has 0 aliphatic rings. The van der Waals surface area contributed by atoms with Gasteiger partial charge in [-0.2, -0.15) is 0 Å². The third-order valence-corrected chi connectivity index (χ3v) is 7.02. The number of nitro benzene ring substituents is 2. The molecule has 230 valence electrons. The molecule has 1 unspecified atom stereocenters. The fourth-order valence-electron chi connectivity index (χ4n) is 4.99. The van der Waals surface area contributed by atoms with E-state index in [1.165, 1.54) is 18.2 Å². The van der Waals surface area contributed by atoms with Gasteiger partial charge < -0.3 is 14.9 Å². The first-order valence-corrected chi connectivity index (χ1v) is 13.1. The standard InChI is InChI=1S/C31H24N2O12/c1-16-13-18(9-11-20(16)28(45-43)26-21(29(34)35)5-3-7-23(26)32(39)40)15-19-10-12-25(17(2)14-19)44-31(38)27-22(30(36)37)6-4-8-24(27)33(41)42/h3-14,28,43H,15H2,1-2H3,(H,34,35)(H,36,37). The third-order valence-electron chi connectivity index (χ3n) is 7.02. The molecule has 0 bridgehead atoms. The molecule has 0 amide bonds. The molecule has 0 aliphatic carbocycles. The molecule has 0 fully saturated rings. The van der Waals surface area contributed by atoms with Crippen LogP contribution in [0.4, 0.5) is 11.4 Å². The minimum Gasteiger partial charge on any atom is -0.478 e. The van der Waals surface area contributed by atoms with Crippen molar-refractivity contribution in [3.8, 4) is 5.75 Å².